The molecule has 0 saturated carbocycles. The van der Waals surface area contributed by atoms with Crippen molar-refractivity contribution in [2.45, 2.75) is 12.5 Å². The molecule has 5 nitrogen and oxygen atoms in total. The SMILES string of the molecule is Cn1cc(C2CN(C(=O)c3cncc(Br)c3)Cc3ccccc32)cn1. The number of pyridine rings is 1. The Morgan fingerprint density at radius 1 is 1.24 bits per heavy atom. The molecule has 1 amide bonds. The maximum Gasteiger partial charge on any atom is 0.255 e. The van der Waals surface area contributed by atoms with Crippen LogP contribution in [0.5, 0.6) is 0 Å². The van der Waals surface area contributed by atoms with E-state index >= 15 is 0 Å². The summed E-state index contributed by atoms with van der Waals surface area (Å²) >= 11 is 3.39. The molecule has 0 fully saturated rings. The summed E-state index contributed by atoms with van der Waals surface area (Å²) in [7, 11) is 1.91. The van der Waals surface area contributed by atoms with Gasteiger partial charge in [0.15, 0.2) is 0 Å². The van der Waals surface area contributed by atoms with E-state index in [1.807, 2.05) is 36.5 Å². The molecule has 1 aliphatic rings. The second-order valence-electron chi connectivity index (χ2n) is 6.28. The normalized spacial score (nSPS) is 16.6. The molecule has 3 aromatic rings. The van der Waals surface area contributed by atoms with Crippen molar-refractivity contribution in [1.29, 1.82) is 0 Å². The monoisotopic (exact) mass is 396 g/mol. The highest BCUT2D eigenvalue weighted by Gasteiger charge is 2.30. The smallest absolute Gasteiger partial charge is 0.255 e. The number of rotatable bonds is 2. The molecule has 25 heavy (non-hydrogen) atoms. The van der Waals surface area contributed by atoms with Gasteiger partial charge in [0.25, 0.3) is 5.91 Å². The first kappa shape index (κ1) is 16.0. The van der Waals surface area contributed by atoms with Gasteiger partial charge in [-0.2, -0.15) is 5.10 Å². The fourth-order valence-electron chi connectivity index (χ4n) is 3.38. The first-order chi connectivity index (χ1) is 12.1. The molecule has 126 valence electrons. The van der Waals surface area contributed by atoms with Gasteiger partial charge in [0.1, 0.15) is 0 Å². The van der Waals surface area contributed by atoms with Crippen LogP contribution in [0.2, 0.25) is 0 Å². The van der Waals surface area contributed by atoms with Gasteiger partial charge in [-0.05, 0) is 38.7 Å². The summed E-state index contributed by atoms with van der Waals surface area (Å²) in [6.07, 6.45) is 7.21. The third-order valence-electron chi connectivity index (χ3n) is 4.56. The van der Waals surface area contributed by atoms with E-state index in [2.05, 4.69) is 44.2 Å². The van der Waals surface area contributed by atoms with Gasteiger partial charge in [0, 0.05) is 49.1 Å². The number of aromatic nitrogens is 3. The molecule has 0 bridgehead atoms. The molecule has 1 atom stereocenters. The van der Waals surface area contributed by atoms with E-state index in [-0.39, 0.29) is 11.8 Å². The van der Waals surface area contributed by atoms with Crippen LogP contribution in [0.3, 0.4) is 0 Å². The predicted molar refractivity (Wildman–Crippen MR) is 98.2 cm³/mol. The zero-order valence-corrected chi connectivity index (χ0v) is 15.3. The van der Waals surface area contributed by atoms with Crippen LogP contribution in [0.4, 0.5) is 0 Å². The first-order valence-electron chi connectivity index (χ1n) is 8.08. The Morgan fingerprint density at radius 3 is 2.84 bits per heavy atom. The highest BCUT2D eigenvalue weighted by Crippen LogP contribution is 2.33. The van der Waals surface area contributed by atoms with Crippen molar-refractivity contribution >= 4 is 21.8 Å². The maximum absolute atomic E-state index is 13.0. The molecule has 1 aliphatic heterocycles. The predicted octanol–water partition coefficient (Wildman–Crippen LogP) is 3.37. The van der Waals surface area contributed by atoms with Crippen molar-refractivity contribution in [1.82, 2.24) is 19.7 Å². The van der Waals surface area contributed by atoms with Crippen molar-refractivity contribution in [3.05, 3.63) is 81.8 Å². The molecule has 0 saturated heterocycles. The third-order valence-corrected chi connectivity index (χ3v) is 4.99. The van der Waals surface area contributed by atoms with Crippen LogP contribution in [0.1, 0.15) is 33.0 Å². The summed E-state index contributed by atoms with van der Waals surface area (Å²) in [5.41, 5.74) is 4.17. The largest absolute Gasteiger partial charge is 0.333 e. The Morgan fingerprint density at radius 2 is 2.08 bits per heavy atom. The van der Waals surface area contributed by atoms with Crippen molar-refractivity contribution < 1.29 is 4.79 Å². The molecule has 2 aromatic heterocycles. The number of hydrogen-bond acceptors (Lipinski definition) is 3. The van der Waals surface area contributed by atoms with Gasteiger partial charge in [-0.15, -0.1) is 0 Å². The van der Waals surface area contributed by atoms with Crippen LogP contribution in [-0.2, 0) is 13.6 Å². The van der Waals surface area contributed by atoms with E-state index in [4.69, 9.17) is 0 Å². The van der Waals surface area contributed by atoms with E-state index in [1.165, 1.54) is 11.1 Å². The summed E-state index contributed by atoms with van der Waals surface area (Å²) in [4.78, 5) is 19.0. The second-order valence-corrected chi connectivity index (χ2v) is 7.19. The topological polar surface area (TPSA) is 51.0 Å². The molecule has 1 unspecified atom stereocenters. The number of carbonyl (C=O) groups excluding carboxylic acids is 1. The number of benzene rings is 1. The lowest BCUT2D eigenvalue weighted by molar-refractivity contribution is 0.0724. The molecule has 6 heteroatoms. The average Bonchev–Trinajstić information content (AvgIpc) is 3.06. The zero-order valence-electron chi connectivity index (χ0n) is 13.8. The van der Waals surface area contributed by atoms with Crippen molar-refractivity contribution in [3.8, 4) is 0 Å². The third kappa shape index (κ3) is 3.09. The number of aryl methyl sites for hydroxylation is 1. The summed E-state index contributed by atoms with van der Waals surface area (Å²) in [6.45, 7) is 1.24. The highest BCUT2D eigenvalue weighted by atomic mass is 79.9. The van der Waals surface area contributed by atoms with Gasteiger partial charge >= 0.3 is 0 Å². The van der Waals surface area contributed by atoms with E-state index in [0.717, 1.165) is 10.0 Å². The summed E-state index contributed by atoms with van der Waals surface area (Å²) in [5.74, 6) is 0.125. The molecular weight excluding hydrogens is 380 g/mol. The van der Waals surface area contributed by atoms with Crippen LogP contribution in [-0.4, -0.2) is 32.1 Å². The van der Waals surface area contributed by atoms with Crippen molar-refractivity contribution in [2.24, 2.45) is 7.05 Å². The van der Waals surface area contributed by atoms with Gasteiger partial charge in [-0.25, -0.2) is 0 Å². The van der Waals surface area contributed by atoms with Crippen molar-refractivity contribution in [2.75, 3.05) is 6.54 Å². The Hall–Kier alpha value is -2.47. The molecular formula is C19H17BrN4O. The molecule has 0 aliphatic carbocycles. The van der Waals surface area contributed by atoms with E-state index in [0.29, 0.717) is 18.7 Å². The molecule has 0 radical (unpaired) electrons. The van der Waals surface area contributed by atoms with E-state index < -0.39 is 0 Å². The number of halogens is 1. The lowest BCUT2D eigenvalue weighted by Crippen LogP contribution is -2.38. The van der Waals surface area contributed by atoms with Crippen LogP contribution in [0.15, 0.2) is 59.6 Å². The second kappa shape index (κ2) is 6.44. The minimum atomic E-state index is -0.00260. The molecule has 1 aromatic carbocycles. The molecule has 0 N–H and O–H groups in total. The first-order valence-corrected chi connectivity index (χ1v) is 8.87. The lowest BCUT2D eigenvalue weighted by atomic mass is 9.86. The Balaban J connectivity index is 1.71. The van der Waals surface area contributed by atoms with Gasteiger partial charge < -0.3 is 4.90 Å². The number of amides is 1. The summed E-state index contributed by atoms with van der Waals surface area (Å²) in [6, 6.07) is 10.1. The van der Waals surface area contributed by atoms with Gasteiger partial charge in [0.05, 0.1) is 11.8 Å². The zero-order chi connectivity index (χ0) is 17.4. The van der Waals surface area contributed by atoms with E-state index in [1.54, 1.807) is 17.1 Å². The maximum atomic E-state index is 13.0. The molecule has 3 heterocycles. The standard InChI is InChI=1S/C19H17BrN4O/c1-23-10-15(8-22-23)18-12-24(11-13-4-2-3-5-17(13)18)19(25)14-6-16(20)9-21-7-14/h2-10,18H,11-12H2,1H3. The summed E-state index contributed by atoms with van der Waals surface area (Å²) in [5, 5.41) is 4.30. The number of nitrogens with zero attached hydrogens (tertiary/aromatic N) is 4. The summed E-state index contributed by atoms with van der Waals surface area (Å²) < 4.78 is 2.61. The Kier molecular flexibility index (Phi) is 4.13. The van der Waals surface area contributed by atoms with Crippen LogP contribution in [0.25, 0.3) is 0 Å². The van der Waals surface area contributed by atoms with Crippen LogP contribution >= 0.6 is 15.9 Å². The van der Waals surface area contributed by atoms with Gasteiger partial charge in [-0.3, -0.25) is 14.5 Å². The van der Waals surface area contributed by atoms with Crippen LogP contribution < -0.4 is 0 Å². The number of carbonyl (C=O) groups is 1. The fourth-order valence-corrected chi connectivity index (χ4v) is 3.74. The quantitative estimate of drug-likeness (QED) is 0.667. The fraction of sp³-hybridized carbons (Fsp3) is 0.211. The highest BCUT2D eigenvalue weighted by molar-refractivity contribution is 9.10. The number of hydrogen-bond donors (Lipinski definition) is 0. The van der Waals surface area contributed by atoms with Gasteiger partial charge in [-0.1, -0.05) is 24.3 Å². The average molecular weight is 397 g/mol. The Bertz CT molecular complexity index is 936. The minimum Gasteiger partial charge on any atom is -0.333 e. The minimum absolute atomic E-state index is 0.00260. The van der Waals surface area contributed by atoms with Gasteiger partial charge in [0.2, 0.25) is 0 Å². The van der Waals surface area contributed by atoms with Crippen molar-refractivity contribution in [3.63, 3.8) is 0 Å². The molecule has 0 spiro atoms. The molecule has 4 rings (SSSR count). The van der Waals surface area contributed by atoms with Crippen LogP contribution in [0, 0.1) is 0 Å². The number of fused-ring (bicyclic) bond motifs is 1. The van der Waals surface area contributed by atoms with E-state index in [9.17, 15) is 4.79 Å². The lowest BCUT2D eigenvalue weighted by Gasteiger charge is -2.34. The Labute approximate surface area is 154 Å².